The van der Waals surface area contributed by atoms with E-state index in [1.807, 2.05) is 12.2 Å². The topological polar surface area (TPSA) is 17.8 Å². The van der Waals surface area contributed by atoms with E-state index in [2.05, 4.69) is 81.2 Å². The number of nitrogens with zero attached hydrogens (tertiary/aromatic N) is 2. The van der Waals surface area contributed by atoms with Crippen LogP contribution >= 0.6 is 0 Å². The molecule has 0 N–H and O–H groups in total. The number of aryl methyl sites for hydroxylation is 3. The van der Waals surface area contributed by atoms with E-state index in [4.69, 9.17) is 0 Å². The van der Waals surface area contributed by atoms with Gasteiger partial charge in [-0.3, -0.25) is 0 Å². The Bertz CT molecular complexity index is 750. The summed E-state index contributed by atoms with van der Waals surface area (Å²) >= 11 is 0. The molecular weight excluding hydrogens is 340 g/mol. The minimum absolute atomic E-state index is 0.769. The van der Waals surface area contributed by atoms with Crippen LogP contribution in [-0.4, -0.2) is 9.55 Å². The summed E-state index contributed by atoms with van der Waals surface area (Å²) in [6, 6.07) is 8.86. The summed E-state index contributed by atoms with van der Waals surface area (Å²) in [4.78, 5) is 4.46. The van der Waals surface area contributed by atoms with Crippen LogP contribution in [0, 0.1) is 12.8 Å². The van der Waals surface area contributed by atoms with Gasteiger partial charge in [0, 0.05) is 13.0 Å². The Balaban J connectivity index is 0.000000280. The molecule has 0 radical (unpaired) electrons. The lowest BCUT2D eigenvalue weighted by Gasteiger charge is -2.05. The molecule has 0 unspecified atom stereocenters. The van der Waals surface area contributed by atoms with Crippen molar-refractivity contribution in [2.45, 2.75) is 66.3 Å². The predicted octanol–water partition coefficient (Wildman–Crippen LogP) is 7.28. The van der Waals surface area contributed by atoms with Crippen LogP contribution < -0.4 is 0 Å². The van der Waals surface area contributed by atoms with E-state index in [9.17, 15) is 0 Å². The molecule has 1 heterocycles. The zero-order chi connectivity index (χ0) is 20.9. The number of rotatable bonds is 10. The highest BCUT2D eigenvalue weighted by molar-refractivity contribution is 5.58. The Hall–Kier alpha value is -2.35. The molecule has 0 saturated heterocycles. The largest absolute Gasteiger partial charge is 0.324 e. The van der Waals surface area contributed by atoms with Crippen LogP contribution in [0.4, 0.5) is 0 Å². The fraction of sp³-hybridized carbons (Fsp3) is 0.423. The van der Waals surface area contributed by atoms with Crippen molar-refractivity contribution in [3.63, 3.8) is 0 Å². The van der Waals surface area contributed by atoms with Gasteiger partial charge in [-0.2, -0.15) is 0 Å². The smallest absolute Gasteiger partial charge is 0.109 e. The normalized spacial score (nSPS) is 10.3. The van der Waals surface area contributed by atoms with Gasteiger partial charge in [-0.25, -0.2) is 4.98 Å². The molecule has 152 valence electrons. The monoisotopic (exact) mass is 378 g/mol. The summed E-state index contributed by atoms with van der Waals surface area (Å²) in [6.45, 7) is 20.9. The molecule has 0 atom stereocenters. The van der Waals surface area contributed by atoms with E-state index >= 15 is 0 Å². The molecule has 28 heavy (non-hydrogen) atoms. The summed E-state index contributed by atoms with van der Waals surface area (Å²) in [5.41, 5.74) is 4.80. The standard InChI is InChI=1S/C14H22.C12H16N2/c1-12(2)7-4-5-9-14-10-6-8-13(3)11-14;1-5-9-14-11(7-3)10(6-2)13-12(14)8-4/h6,8,10-12H,4-5,7,9H2,1-3H3;5-7H,1-3,8-9H2,4H3. The molecule has 1 aromatic heterocycles. The molecule has 0 aliphatic heterocycles. The molecule has 0 amide bonds. The maximum absolute atomic E-state index is 4.46. The number of allylic oxidation sites excluding steroid dienone is 1. The molecule has 0 fully saturated rings. The third-order valence-corrected chi connectivity index (χ3v) is 4.71. The van der Waals surface area contributed by atoms with Crippen LogP contribution in [0.5, 0.6) is 0 Å². The minimum atomic E-state index is 0.769. The van der Waals surface area contributed by atoms with Gasteiger partial charge in [-0.05, 0) is 43.4 Å². The summed E-state index contributed by atoms with van der Waals surface area (Å²) < 4.78 is 2.11. The van der Waals surface area contributed by atoms with Gasteiger partial charge in [-0.15, -0.1) is 6.58 Å². The highest BCUT2D eigenvalue weighted by Crippen LogP contribution is 2.15. The van der Waals surface area contributed by atoms with Gasteiger partial charge in [0.1, 0.15) is 5.82 Å². The molecule has 0 saturated carbocycles. The Labute approximate surface area is 172 Å². The number of hydrogen-bond donors (Lipinski definition) is 0. The molecule has 2 rings (SSSR count). The second-order valence-corrected chi connectivity index (χ2v) is 7.59. The first-order chi connectivity index (χ1) is 13.5. The number of aromatic nitrogens is 2. The summed E-state index contributed by atoms with van der Waals surface area (Å²) in [5.74, 6) is 1.90. The Morgan fingerprint density at radius 3 is 2.39 bits per heavy atom. The van der Waals surface area contributed by atoms with Gasteiger partial charge < -0.3 is 4.57 Å². The van der Waals surface area contributed by atoms with Crippen molar-refractivity contribution in [1.82, 2.24) is 9.55 Å². The molecule has 0 bridgehead atoms. The lowest BCUT2D eigenvalue weighted by Crippen LogP contribution is -2.02. The van der Waals surface area contributed by atoms with Crippen molar-refractivity contribution in [1.29, 1.82) is 0 Å². The van der Waals surface area contributed by atoms with Crippen molar-refractivity contribution in [3.05, 3.63) is 78.4 Å². The van der Waals surface area contributed by atoms with Crippen molar-refractivity contribution in [3.8, 4) is 0 Å². The molecular formula is C26H38N2. The van der Waals surface area contributed by atoms with Crippen LogP contribution in [0.2, 0.25) is 0 Å². The molecule has 1 aromatic carbocycles. The molecule has 2 heteroatoms. The van der Waals surface area contributed by atoms with E-state index in [1.165, 1.54) is 36.8 Å². The van der Waals surface area contributed by atoms with Gasteiger partial charge in [-0.1, -0.05) is 82.7 Å². The second-order valence-electron chi connectivity index (χ2n) is 7.59. The highest BCUT2D eigenvalue weighted by atomic mass is 15.1. The van der Waals surface area contributed by atoms with Crippen molar-refractivity contribution >= 4 is 12.2 Å². The first-order valence-corrected chi connectivity index (χ1v) is 10.5. The fourth-order valence-corrected chi connectivity index (χ4v) is 3.25. The SMILES string of the molecule is C=CCn1c(CC)nc(C=C)c1C=C.Cc1cccc(CCCCC(C)C)c1. The van der Waals surface area contributed by atoms with E-state index in [1.54, 1.807) is 6.08 Å². The average molecular weight is 379 g/mol. The summed E-state index contributed by atoms with van der Waals surface area (Å²) in [7, 11) is 0. The maximum atomic E-state index is 4.46. The van der Waals surface area contributed by atoms with Crippen LogP contribution in [-0.2, 0) is 19.4 Å². The molecule has 0 spiro atoms. The highest BCUT2D eigenvalue weighted by Gasteiger charge is 2.09. The van der Waals surface area contributed by atoms with Crippen molar-refractivity contribution < 1.29 is 0 Å². The van der Waals surface area contributed by atoms with Gasteiger partial charge in [0.05, 0.1) is 11.4 Å². The van der Waals surface area contributed by atoms with Crippen LogP contribution in [0.15, 0.2) is 50.1 Å². The van der Waals surface area contributed by atoms with Crippen molar-refractivity contribution in [2.75, 3.05) is 0 Å². The lowest BCUT2D eigenvalue weighted by atomic mass is 10.0. The van der Waals surface area contributed by atoms with Crippen LogP contribution in [0.3, 0.4) is 0 Å². The Morgan fingerprint density at radius 1 is 1.11 bits per heavy atom. The molecule has 2 nitrogen and oxygen atoms in total. The molecule has 0 aliphatic rings. The van der Waals surface area contributed by atoms with E-state index in [0.29, 0.717) is 0 Å². The van der Waals surface area contributed by atoms with E-state index < -0.39 is 0 Å². The fourth-order valence-electron chi connectivity index (χ4n) is 3.25. The third-order valence-electron chi connectivity index (χ3n) is 4.71. The number of hydrogen-bond acceptors (Lipinski definition) is 1. The predicted molar refractivity (Wildman–Crippen MR) is 126 cm³/mol. The Morgan fingerprint density at radius 2 is 1.86 bits per heavy atom. The van der Waals surface area contributed by atoms with Crippen molar-refractivity contribution in [2.24, 2.45) is 5.92 Å². The molecule has 0 aliphatic carbocycles. The third kappa shape index (κ3) is 7.72. The Kier molecular flexibility index (Phi) is 10.9. The quantitative estimate of drug-likeness (QED) is 0.314. The van der Waals surface area contributed by atoms with Crippen LogP contribution in [0.1, 0.15) is 68.4 Å². The van der Waals surface area contributed by atoms with Gasteiger partial charge in [0.25, 0.3) is 0 Å². The van der Waals surface area contributed by atoms with Gasteiger partial charge in [0.15, 0.2) is 0 Å². The maximum Gasteiger partial charge on any atom is 0.109 e. The van der Waals surface area contributed by atoms with Crippen LogP contribution in [0.25, 0.3) is 12.2 Å². The van der Waals surface area contributed by atoms with E-state index in [-0.39, 0.29) is 0 Å². The summed E-state index contributed by atoms with van der Waals surface area (Å²) in [5, 5.41) is 0. The first kappa shape index (κ1) is 23.7. The number of benzene rings is 1. The van der Waals surface area contributed by atoms with E-state index in [0.717, 1.165) is 36.1 Å². The zero-order valence-corrected chi connectivity index (χ0v) is 18.4. The zero-order valence-electron chi connectivity index (χ0n) is 18.4. The average Bonchev–Trinajstić information content (AvgIpc) is 3.03. The van der Waals surface area contributed by atoms with Gasteiger partial charge in [0.2, 0.25) is 0 Å². The van der Waals surface area contributed by atoms with Gasteiger partial charge >= 0.3 is 0 Å². The summed E-state index contributed by atoms with van der Waals surface area (Å²) in [6.07, 6.45) is 11.7. The number of imidazole rings is 1. The lowest BCUT2D eigenvalue weighted by molar-refractivity contribution is 0.538. The number of unbranched alkanes of at least 4 members (excludes halogenated alkanes) is 1. The minimum Gasteiger partial charge on any atom is -0.324 e. The first-order valence-electron chi connectivity index (χ1n) is 10.5. The second kappa shape index (κ2) is 12.9. The molecule has 2 aromatic rings.